The van der Waals surface area contributed by atoms with Gasteiger partial charge in [0.05, 0.1) is 16.2 Å². The summed E-state index contributed by atoms with van der Waals surface area (Å²) in [6.45, 7) is 3.25. The maximum Gasteiger partial charge on any atom is 0.416 e. The second-order valence-corrected chi connectivity index (χ2v) is 8.04. The second kappa shape index (κ2) is 6.90. The molecule has 0 aliphatic carbocycles. The molecular formula is C16H11Cl2F3O3S. The quantitative estimate of drug-likeness (QED) is 0.675. The zero-order valence-electron chi connectivity index (χ0n) is 12.4. The minimum atomic E-state index is -4.66. The highest BCUT2D eigenvalue weighted by Crippen LogP contribution is 2.33. The molecule has 0 radical (unpaired) electrons. The number of hydrogen-bond acceptors (Lipinski definition) is 3. The Morgan fingerprint density at radius 2 is 1.64 bits per heavy atom. The van der Waals surface area contributed by atoms with Gasteiger partial charge in [-0.25, -0.2) is 8.42 Å². The van der Waals surface area contributed by atoms with E-state index >= 15 is 0 Å². The average molecular weight is 411 g/mol. The molecule has 0 aromatic heterocycles. The van der Waals surface area contributed by atoms with E-state index in [0.717, 1.165) is 24.3 Å². The SMILES string of the molecule is C=C(O)c1ccc(C(F)(F)F)cc1CS(=O)(=O)c1cc(Cl)cc(Cl)c1. The van der Waals surface area contributed by atoms with Crippen molar-refractivity contribution in [3.63, 3.8) is 0 Å². The van der Waals surface area contributed by atoms with E-state index in [2.05, 4.69) is 6.58 Å². The Labute approximate surface area is 152 Å². The van der Waals surface area contributed by atoms with Crippen LogP contribution in [0.25, 0.3) is 5.76 Å². The molecule has 25 heavy (non-hydrogen) atoms. The summed E-state index contributed by atoms with van der Waals surface area (Å²) in [6.07, 6.45) is -4.66. The predicted octanol–water partition coefficient (Wildman–Crippen LogP) is 5.51. The summed E-state index contributed by atoms with van der Waals surface area (Å²) in [5.74, 6) is -1.33. The lowest BCUT2D eigenvalue weighted by atomic mass is 10.0. The molecule has 1 N–H and O–H groups in total. The van der Waals surface area contributed by atoms with Crippen molar-refractivity contribution in [2.24, 2.45) is 0 Å². The van der Waals surface area contributed by atoms with Crippen LogP contribution < -0.4 is 0 Å². The van der Waals surface area contributed by atoms with Crippen LogP contribution in [0, 0.1) is 0 Å². The van der Waals surface area contributed by atoms with Crippen LogP contribution in [-0.4, -0.2) is 13.5 Å². The molecule has 2 rings (SSSR count). The van der Waals surface area contributed by atoms with E-state index < -0.39 is 33.1 Å². The average Bonchev–Trinajstić information content (AvgIpc) is 2.44. The van der Waals surface area contributed by atoms with Gasteiger partial charge in [0.15, 0.2) is 9.84 Å². The first-order valence-corrected chi connectivity index (χ1v) is 9.08. The lowest BCUT2D eigenvalue weighted by molar-refractivity contribution is -0.137. The number of hydrogen-bond donors (Lipinski definition) is 1. The molecule has 0 amide bonds. The molecule has 0 aliphatic rings. The van der Waals surface area contributed by atoms with E-state index in [1.165, 1.54) is 6.07 Å². The summed E-state index contributed by atoms with van der Waals surface area (Å²) in [4.78, 5) is -0.239. The van der Waals surface area contributed by atoms with Gasteiger partial charge < -0.3 is 5.11 Å². The first kappa shape index (κ1) is 19.6. The molecular weight excluding hydrogens is 400 g/mol. The van der Waals surface area contributed by atoms with Crippen LogP contribution in [0.4, 0.5) is 13.2 Å². The zero-order valence-corrected chi connectivity index (χ0v) is 14.8. The molecule has 2 aromatic carbocycles. The van der Waals surface area contributed by atoms with Gasteiger partial charge in [-0.3, -0.25) is 0 Å². The number of aliphatic hydroxyl groups excluding tert-OH is 1. The van der Waals surface area contributed by atoms with Crippen molar-refractivity contribution in [1.82, 2.24) is 0 Å². The van der Waals surface area contributed by atoms with Crippen molar-refractivity contribution in [2.45, 2.75) is 16.8 Å². The molecule has 0 saturated heterocycles. The van der Waals surface area contributed by atoms with Gasteiger partial charge in [-0.1, -0.05) is 35.8 Å². The lowest BCUT2D eigenvalue weighted by Crippen LogP contribution is -2.11. The van der Waals surface area contributed by atoms with Crippen LogP contribution >= 0.6 is 23.2 Å². The molecule has 0 unspecified atom stereocenters. The maximum atomic E-state index is 12.9. The topological polar surface area (TPSA) is 54.4 Å². The Kier molecular flexibility index (Phi) is 5.41. The highest BCUT2D eigenvalue weighted by molar-refractivity contribution is 7.90. The van der Waals surface area contributed by atoms with Gasteiger partial charge in [0.1, 0.15) is 5.76 Å². The standard InChI is InChI=1S/C16H11Cl2F3O3S/c1-9(22)15-3-2-11(16(19,20)21)4-10(15)8-25(23,24)14-6-12(17)5-13(18)7-14/h2-7,22H,1,8H2. The van der Waals surface area contributed by atoms with Gasteiger partial charge in [-0.05, 0) is 35.9 Å². The molecule has 0 atom stereocenters. The number of rotatable bonds is 4. The van der Waals surface area contributed by atoms with Gasteiger partial charge in [0, 0.05) is 15.6 Å². The molecule has 3 nitrogen and oxygen atoms in total. The molecule has 2 aromatic rings. The van der Waals surface area contributed by atoms with Crippen molar-refractivity contribution in [3.8, 4) is 0 Å². The molecule has 0 fully saturated rings. The van der Waals surface area contributed by atoms with E-state index in [0.29, 0.717) is 6.07 Å². The lowest BCUT2D eigenvalue weighted by Gasteiger charge is -2.14. The summed E-state index contributed by atoms with van der Waals surface area (Å²) in [5, 5.41) is 9.68. The number of sulfone groups is 1. The van der Waals surface area contributed by atoms with Crippen LogP contribution in [0.5, 0.6) is 0 Å². The van der Waals surface area contributed by atoms with Crippen LogP contribution in [0.2, 0.25) is 10.0 Å². The first-order valence-electron chi connectivity index (χ1n) is 6.67. The van der Waals surface area contributed by atoms with E-state index in [1.54, 1.807) is 0 Å². The summed E-state index contributed by atoms with van der Waals surface area (Å²) >= 11 is 11.5. The van der Waals surface area contributed by atoms with Crippen molar-refractivity contribution < 1.29 is 26.7 Å². The third-order valence-corrected chi connectivity index (χ3v) is 5.37. The van der Waals surface area contributed by atoms with E-state index in [9.17, 15) is 26.7 Å². The number of aliphatic hydroxyl groups is 1. The molecule has 9 heteroatoms. The van der Waals surface area contributed by atoms with Crippen molar-refractivity contribution in [1.29, 1.82) is 0 Å². The van der Waals surface area contributed by atoms with Crippen molar-refractivity contribution in [3.05, 3.63) is 69.7 Å². The summed E-state index contributed by atoms with van der Waals surface area (Å²) in [6, 6.07) is 5.99. The fraction of sp³-hybridized carbons (Fsp3) is 0.125. The van der Waals surface area contributed by atoms with Gasteiger partial charge in [-0.2, -0.15) is 13.2 Å². The Morgan fingerprint density at radius 1 is 1.08 bits per heavy atom. The molecule has 134 valence electrons. The number of alkyl halides is 3. The van der Waals surface area contributed by atoms with Gasteiger partial charge in [0.2, 0.25) is 0 Å². The fourth-order valence-electron chi connectivity index (χ4n) is 2.17. The first-order chi connectivity index (χ1) is 11.4. The van der Waals surface area contributed by atoms with E-state index in [4.69, 9.17) is 23.2 Å². The van der Waals surface area contributed by atoms with Crippen molar-refractivity contribution >= 4 is 38.8 Å². The van der Waals surface area contributed by atoms with E-state index in [-0.39, 0.29) is 26.1 Å². The van der Waals surface area contributed by atoms with Gasteiger partial charge in [0.25, 0.3) is 0 Å². The predicted molar refractivity (Wildman–Crippen MR) is 90.5 cm³/mol. The smallest absolute Gasteiger partial charge is 0.416 e. The summed E-state index contributed by atoms with van der Waals surface area (Å²) in [5.41, 5.74) is -1.37. The minimum absolute atomic E-state index is 0.0712. The third-order valence-electron chi connectivity index (χ3n) is 3.28. The minimum Gasteiger partial charge on any atom is -0.508 e. The molecule has 0 saturated carbocycles. The van der Waals surface area contributed by atoms with Crippen LogP contribution in [0.3, 0.4) is 0 Å². The van der Waals surface area contributed by atoms with Crippen LogP contribution in [0.1, 0.15) is 16.7 Å². The Bertz CT molecular complexity index is 918. The fourth-order valence-corrected chi connectivity index (χ4v) is 4.25. The highest BCUT2D eigenvalue weighted by atomic mass is 35.5. The van der Waals surface area contributed by atoms with Crippen LogP contribution in [-0.2, 0) is 21.8 Å². The monoisotopic (exact) mass is 410 g/mol. The Balaban J connectivity index is 2.55. The molecule has 0 heterocycles. The molecule has 0 aliphatic heterocycles. The van der Waals surface area contributed by atoms with Gasteiger partial charge in [-0.15, -0.1) is 0 Å². The number of halogens is 5. The largest absolute Gasteiger partial charge is 0.508 e. The maximum absolute atomic E-state index is 12.9. The summed E-state index contributed by atoms with van der Waals surface area (Å²) < 4.78 is 63.7. The highest BCUT2D eigenvalue weighted by Gasteiger charge is 2.32. The number of benzene rings is 2. The third kappa shape index (κ3) is 4.68. The Hall–Kier alpha value is -1.70. The molecule has 0 spiro atoms. The summed E-state index contributed by atoms with van der Waals surface area (Å²) in [7, 11) is -4.07. The molecule has 0 bridgehead atoms. The zero-order chi connectivity index (χ0) is 19.0. The van der Waals surface area contributed by atoms with Crippen molar-refractivity contribution in [2.75, 3.05) is 0 Å². The van der Waals surface area contributed by atoms with Gasteiger partial charge >= 0.3 is 6.18 Å². The second-order valence-electron chi connectivity index (χ2n) is 5.18. The van der Waals surface area contributed by atoms with Crippen LogP contribution in [0.15, 0.2) is 47.9 Å². The normalized spacial score (nSPS) is 12.2. The van der Waals surface area contributed by atoms with E-state index in [1.807, 2.05) is 0 Å². The Morgan fingerprint density at radius 3 is 2.12 bits per heavy atom.